The van der Waals surface area contributed by atoms with E-state index in [2.05, 4.69) is 57.9 Å². The van der Waals surface area contributed by atoms with Gasteiger partial charge >= 0.3 is 0 Å². The number of piperidine rings is 1. The zero-order valence-corrected chi connectivity index (χ0v) is 19.1. The number of hydroxylamine groups is 2. The second-order valence-corrected chi connectivity index (χ2v) is 10.2. The molecule has 4 heteroatoms. The van der Waals surface area contributed by atoms with Crippen LogP contribution in [0.1, 0.15) is 78.0 Å². The molecule has 0 aliphatic carbocycles. The number of anilines is 1. The number of rotatable bonds is 3. The van der Waals surface area contributed by atoms with E-state index < -0.39 is 5.54 Å². The van der Waals surface area contributed by atoms with E-state index in [9.17, 15) is 4.79 Å². The molecule has 0 radical (unpaired) electrons. The molecule has 4 nitrogen and oxygen atoms in total. The first-order valence-corrected chi connectivity index (χ1v) is 11.0. The molecule has 0 saturated carbocycles. The van der Waals surface area contributed by atoms with Gasteiger partial charge in [-0.1, -0.05) is 48.5 Å². The van der Waals surface area contributed by atoms with Gasteiger partial charge in [-0.2, -0.15) is 5.06 Å². The maximum absolute atomic E-state index is 12.9. The Kier molecular flexibility index (Phi) is 5.06. The highest BCUT2D eigenvalue weighted by Gasteiger charge is 2.55. The van der Waals surface area contributed by atoms with Gasteiger partial charge in [0.2, 0.25) is 5.91 Å². The van der Waals surface area contributed by atoms with Crippen molar-refractivity contribution in [2.75, 3.05) is 4.90 Å². The van der Waals surface area contributed by atoms with E-state index >= 15 is 0 Å². The minimum absolute atomic E-state index is 0.0251. The fourth-order valence-corrected chi connectivity index (χ4v) is 5.66. The van der Waals surface area contributed by atoms with Crippen molar-refractivity contribution in [2.45, 2.75) is 83.5 Å². The van der Waals surface area contributed by atoms with E-state index in [1.807, 2.05) is 41.3 Å². The lowest BCUT2D eigenvalue weighted by Gasteiger charge is -2.53. The molecule has 2 aromatic rings. The molecule has 0 aromatic heterocycles. The highest BCUT2D eigenvalue weighted by atomic mass is 16.7. The van der Waals surface area contributed by atoms with E-state index in [0.717, 1.165) is 29.7 Å². The summed E-state index contributed by atoms with van der Waals surface area (Å²) in [5.41, 5.74) is 2.27. The van der Waals surface area contributed by atoms with Crippen molar-refractivity contribution in [1.29, 1.82) is 0 Å². The van der Waals surface area contributed by atoms with Gasteiger partial charge < -0.3 is 0 Å². The standard InChI is InChI=1S/C26H34N2O2/c1-19(29)27-22-16-11-10-15-21(22)23(26(27,6)20-13-8-7-9-14-20)30-28-24(2,3)17-12-18-25(28,4)5/h7-11,13-16,23H,12,17-18H2,1-6H3/t23-,26+/m1/s1. The summed E-state index contributed by atoms with van der Waals surface area (Å²) in [5, 5.41) is 2.22. The Morgan fingerprint density at radius 1 is 0.900 bits per heavy atom. The van der Waals surface area contributed by atoms with Gasteiger partial charge in [0, 0.05) is 23.6 Å². The van der Waals surface area contributed by atoms with Gasteiger partial charge in [0.25, 0.3) is 0 Å². The van der Waals surface area contributed by atoms with Crippen LogP contribution in [0, 0.1) is 0 Å². The van der Waals surface area contributed by atoms with Gasteiger partial charge in [-0.05, 0) is 65.5 Å². The zero-order chi connectivity index (χ0) is 21.7. The number of nitrogens with zero attached hydrogens (tertiary/aromatic N) is 2. The molecule has 1 saturated heterocycles. The van der Waals surface area contributed by atoms with Crippen LogP contribution in [0.15, 0.2) is 54.6 Å². The number of benzene rings is 2. The normalized spacial score (nSPS) is 27.7. The molecule has 1 amide bonds. The van der Waals surface area contributed by atoms with E-state index in [1.165, 1.54) is 6.42 Å². The third-order valence-electron chi connectivity index (χ3n) is 7.00. The second-order valence-electron chi connectivity index (χ2n) is 10.2. The molecule has 0 N–H and O–H groups in total. The van der Waals surface area contributed by atoms with Crippen molar-refractivity contribution in [3.63, 3.8) is 0 Å². The molecular weight excluding hydrogens is 372 g/mol. The molecular formula is C26H34N2O2. The number of carbonyl (C=O) groups excluding carboxylic acids is 1. The number of fused-ring (bicyclic) bond motifs is 1. The van der Waals surface area contributed by atoms with Crippen LogP contribution in [0.5, 0.6) is 0 Å². The van der Waals surface area contributed by atoms with Crippen molar-refractivity contribution in [2.24, 2.45) is 0 Å². The summed E-state index contributed by atoms with van der Waals surface area (Å²) in [7, 11) is 0. The largest absolute Gasteiger partial charge is 0.299 e. The third kappa shape index (κ3) is 3.17. The molecule has 2 aromatic carbocycles. The summed E-state index contributed by atoms with van der Waals surface area (Å²) >= 11 is 0. The van der Waals surface area contributed by atoms with Crippen molar-refractivity contribution < 1.29 is 9.63 Å². The summed E-state index contributed by atoms with van der Waals surface area (Å²) in [4.78, 5) is 21.9. The summed E-state index contributed by atoms with van der Waals surface area (Å²) in [6, 6.07) is 18.5. The van der Waals surface area contributed by atoms with Crippen LogP contribution >= 0.6 is 0 Å². The highest BCUT2D eigenvalue weighted by molar-refractivity contribution is 5.96. The summed E-state index contributed by atoms with van der Waals surface area (Å²) in [5.74, 6) is 0.0251. The smallest absolute Gasteiger partial charge is 0.224 e. The van der Waals surface area contributed by atoms with Crippen LogP contribution < -0.4 is 4.90 Å². The first-order chi connectivity index (χ1) is 14.1. The number of carbonyl (C=O) groups is 1. The molecule has 2 atom stereocenters. The lowest BCUT2D eigenvalue weighted by molar-refractivity contribution is -0.315. The summed E-state index contributed by atoms with van der Waals surface area (Å²) < 4.78 is 0. The maximum Gasteiger partial charge on any atom is 0.224 e. The Labute approximate surface area is 180 Å². The van der Waals surface area contributed by atoms with Crippen molar-refractivity contribution in [3.05, 3.63) is 65.7 Å². The van der Waals surface area contributed by atoms with Gasteiger partial charge in [-0.25, -0.2) is 0 Å². The summed E-state index contributed by atoms with van der Waals surface area (Å²) in [6.07, 6.45) is 3.07. The monoisotopic (exact) mass is 406 g/mol. The van der Waals surface area contributed by atoms with Gasteiger partial charge in [-0.3, -0.25) is 14.5 Å². The predicted octanol–water partition coefficient (Wildman–Crippen LogP) is 5.98. The lowest BCUT2D eigenvalue weighted by atomic mass is 9.81. The van der Waals surface area contributed by atoms with Crippen molar-refractivity contribution >= 4 is 11.6 Å². The predicted molar refractivity (Wildman–Crippen MR) is 121 cm³/mol. The minimum atomic E-state index is -0.639. The van der Waals surface area contributed by atoms with Crippen LogP contribution in [-0.4, -0.2) is 22.0 Å². The zero-order valence-electron chi connectivity index (χ0n) is 19.1. The molecule has 2 aliphatic heterocycles. The van der Waals surface area contributed by atoms with Crippen LogP contribution in [0.25, 0.3) is 0 Å². The fraction of sp³-hybridized carbons (Fsp3) is 0.500. The SMILES string of the molecule is CC(=O)N1c2ccccc2[C@@H](ON2C(C)(C)CCCC2(C)C)[C@]1(C)c1ccccc1. The van der Waals surface area contributed by atoms with E-state index in [0.29, 0.717) is 0 Å². The average molecular weight is 407 g/mol. The first kappa shape index (κ1) is 21.1. The molecule has 2 heterocycles. The Bertz CT molecular complexity index is 921. The Balaban J connectivity index is 1.88. The minimum Gasteiger partial charge on any atom is -0.299 e. The van der Waals surface area contributed by atoms with E-state index in [-0.39, 0.29) is 23.1 Å². The Morgan fingerprint density at radius 2 is 1.47 bits per heavy atom. The number of amides is 1. The molecule has 160 valence electrons. The average Bonchev–Trinajstić information content (AvgIpc) is 2.94. The van der Waals surface area contributed by atoms with Gasteiger partial charge in [0.05, 0.1) is 5.69 Å². The highest BCUT2D eigenvalue weighted by Crippen LogP contribution is 2.55. The molecule has 0 spiro atoms. The number of hydrogen-bond donors (Lipinski definition) is 0. The molecule has 1 fully saturated rings. The Morgan fingerprint density at radius 3 is 2.07 bits per heavy atom. The van der Waals surface area contributed by atoms with Crippen molar-refractivity contribution in [3.8, 4) is 0 Å². The molecule has 0 bridgehead atoms. The van der Waals surface area contributed by atoms with E-state index in [1.54, 1.807) is 6.92 Å². The van der Waals surface area contributed by atoms with Gasteiger partial charge in [0.1, 0.15) is 11.6 Å². The first-order valence-electron chi connectivity index (χ1n) is 11.0. The quantitative estimate of drug-likeness (QED) is 0.628. The Hall–Kier alpha value is -2.17. The van der Waals surface area contributed by atoms with Crippen LogP contribution in [0.2, 0.25) is 0 Å². The van der Waals surface area contributed by atoms with Crippen LogP contribution in [0.4, 0.5) is 5.69 Å². The third-order valence-corrected chi connectivity index (χ3v) is 7.00. The number of para-hydroxylation sites is 1. The van der Waals surface area contributed by atoms with Crippen molar-refractivity contribution in [1.82, 2.24) is 5.06 Å². The molecule has 4 rings (SSSR count). The van der Waals surface area contributed by atoms with Gasteiger partial charge in [0.15, 0.2) is 0 Å². The maximum atomic E-state index is 12.9. The van der Waals surface area contributed by atoms with Crippen LogP contribution in [0.3, 0.4) is 0 Å². The molecule has 0 unspecified atom stereocenters. The second kappa shape index (κ2) is 7.21. The molecule has 2 aliphatic rings. The fourth-order valence-electron chi connectivity index (χ4n) is 5.66. The topological polar surface area (TPSA) is 32.8 Å². The lowest BCUT2D eigenvalue weighted by Crippen LogP contribution is -2.60. The van der Waals surface area contributed by atoms with Gasteiger partial charge in [-0.15, -0.1) is 0 Å². The molecule has 30 heavy (non-hydrogen) atoms. The van der Waals surface area contributed by atoms with Crippen LogP contribution in [-0.2, 0) is 15.2 Å². The summed E-state index contributed by atoms with van der Waals surface area (Å²) in [6.45, 7) is 12.8. The number of hydrogen-bond acceptors (Lipinski definition) is 3. The van der Waals surface area contributed by atoms with E-state index in [4.69, 9.17) is 4.84 Å².